The average molecular weight is 296 g/mol. The van der Waals surface area contributed by atoms with Gasteiger partial charge in [0.1, 0.15) is 0 Å². The number of nitro groups is 1. The van der Waals surface area contributed by atoms with Gasteiger partial charge in [0.2, 0.25) is 0 Å². The van der Waals surface area contributed by atoms with Gasteiger partial charge in [0.15, 0.2) is 0 Å². The Morgan fingerprint density at radius 3 is 2.24 bits per heavy atom. The van der Waals surface area contributed by atoms with E-state index in [9.17, 15) is 20.3 Å². The topological polar surface area (TPSA) is 95.6 Å². The first kappa shape index (κ1) is 17.6. The molecule has 0 bridgehead atoms. The first-order valence-corrected chi connectivity index (χ1v) is 7.00. The molecule has 0 spiro atoms. The molecule has 0 saturated heterocycles. The minimum atomic E-state index is -0.757. The van der Waals surface area contributed by atoms with Crippen molar-refractivity contribution < 1.29 is 15.1 Å². The van der Waals surface area contributed by atoms with Gasteiger partial charge in [-0.2, -0.15) is 0 Å². The van der Waals surface area contributed by atoms with Crippen LogP contribution in [0.1, 0.15) is 38.9 Å². The number of nitrogens with one attached hydrogen (secondary N) is 1. The second-order valence-corrected chi connectivity index (χ2v) is 6.44. The standard InChI is InChI=1S/C15H24N2O4/c1-15(2,3)8-13(18)9-16-10-14(19)11-4-6-12(7-5-11)17(20)21/h4-7,13-14,16,18-19H,8-10H2,1-3H3. The van der Waals surface area contributed by atoms with Crippen molar-refractivity contribution in [1.82, 2.24) is 5.32 Å². The van der Waals surface area contributed by atoms with Crippen LogP contribution in [0.25, 0.3) is 0 Å². The van der Waals surface area contributed by atoms with E-state index in [0.29, 0.717) is 25.1 Å². The van der Waals surface area contributed by atoms with Gasteiger partial charge in [0.05, 0.1) is 17.1 Å². The van der Waals surface area contributed by atoms with Gasteiger partial charge in [-0.05, 0) is 29.5 Å². The van der Waals surface area contributed by atoms with Crippen LogP contribution in [0.5, 0.6) is 0 Å². The molecule has 0 radical (unpaired) electrons. The van der Waals surface area contributed by atoms with Gasteiger partial charge in [-0.3, -0.25) is 10.1 Å². The van der Waals surface area contributed by atoms with Crippen LogP contribution in [0.15, 0.2) is 24.3 Å². The fourth-order valence-corrected chi connectivity index (χ4v) is 2.10. The number of nitrogens with zero attached hydrogens (tertiary/aromatic N) is 1. The predicted octanol–water partition coefficient (Wildman–Crippen LogP) is 2.01. The number of hydrogen-bond acceptors (Lipinski definition) is 5. The monoisotopic (exact) mass is 296 g/mol. The highest BCUT2D eigenvalue weighted by Gasteiger charge is 2.17. The number of non-ortho nitro benzene ring substituents is 1. The van der Waals surface area contributed by atoms with Crippen LogP contribution in [0.2, 0.25) is 0 Å². The van der Waals surface area contributed by atoms with Crippen LogP contribution in [0.3, 0.4) is 0 Å². The molecule has 21 heavy (non-hydrogen) atoms. The van der Waals surface area contributed by atoms with E-state index >= 15 is 0 Å². The summed E-state index contributed by atoms with van der Waals surface area (Å²) >= 11 is 0. The van der Waals surface area contributed by atoms with Crippen molar-refractivity contribution in [1.29, 1.82) is 0 Å². The summed E-state index contributed by atoms with van der Waals surface area (Å²) in [7, 11) is 0. The van der Waals surface area contributed by atoms with Crippen molar-refractivity contribution in [3.8, 4) is 0 Å². The van der Waals surface area contributed by atoms with E-state index in [1.165, 1.54) is 24.3 Å². The highest BCUT2D eigenvalue weighted by molar-refractivity contribution is 5.33. The molecule has 0 aromatic heterocycles. The predicted molar refractivity (Wildman–Crippen MR) is 81.0 cm³/mol. The van der Waals surface area contributed by atoms with Crippen molar-refractivity contribution >= 4 is 5.69 Å². The molecule has 0 heterocycles. The summed E-state index contributed by atoms with van der Waals surface area (Å²) in [5, 5.41) is 33.4. The average Bonchev–Trinajstić information content (AvgIpc) is 2.36. The summed E-state index contributed by atoms with van der Waals surface area (Å²) < 4.78 is 0. The molecule has 2 atom stereocenters. The lowest BCUT2D eigenvalue weighted by atomic mass is 9.89. The normalized spacial score (nSPS) is 14.7. The van der Waals surface area contributed by atoms with Crippen LogP contribution >= 0.6 is 0 Å². The number of nitro benzene ring substituents is 1. The van der Waals surface area contributed by atoms with E-state index in [-0.39, 0.29) is 11.1 Å². The van der Waals surface area contributed by atoms with Crippen LogP contribution in [-0.2, 0) is 0 Å². The third-order valence-corrected chi connectivity index (χ3v) is 3.05. The summed E-state index contributed by atoms with van der Waals surface area (Å²) in [5.41, 5.74) is 0.663. The third kappa shape index (κ3) is 6.66. The van der Waals surface area contributed by atoms with E-state index in [2.05, 4.69) is 26.1 Å². The zero-order chi connectivity index (χ0) is 16.0. The molecule has 1 aromatic rings. The smallest absolute Gasteiger partial charge is 0.269 e. The molecule has 0 saturated carbocycles. The Kier molecular flexibility index (Phi) is 6.26. The second kappa shape index (κ2) is 7.49. The highest BCUT2D eigenvalue weighted by Crippen LogP contribution is 2.20. The molecule has 3 N–H and O–H groups in total. The van der Waals surface area contributed by atoms with E-state index in [1.54, 1.807) is 0 Å². The Balaban J connectivity index is 2.40. The Bertz CT molecular complexity index is 454. The lowest BCUT2D eigenvalue weighted by molar-refractivity contribution is -0.384. The van der Waals surface area contributed by atoms with Gasteiger partial charge in [0, 0.05) is 25.2 Å². The lowest BCUT2D eigenvalue weighted by Crippen LogP contribution is -2.32. The molecule has 6 nitrogen and oxygen atoms in total. The minimum absolute atomic E-state index is 0.000455. The SMILES string of the molecule is CC(C)(C)CC(O)CNCC(O)c1ccc([N+](=O)[O-])cc1. The molecule has 1 aromatic carbocycles. The largest absolute Gasteiger partial charge is 0.392 e. The third-order valence-electron chi connectivity index (χ3n) is 3.05. The Morgan fingerprint density at radius 1 is 1.19 bits per heavy atom. The highest BCUT2D eigenvalue weighted by atomic mass is 16.6. The number of aliphatic hydroxyl groups is 2. The summed E-state index contributed by atoms with van der Waals surface area (Å²) in [5.74, 6) is 0. The molecule has 6 heteroatoms. The van der Waals surface area contributed by atoms with Crippen LogP contribution in [0.4, 0.5) is 5.69 Å². The number of rotatable bonds is 7. The van der Waals surface area contributed by atoms with Crippen LogP contribution in [-0.4, -0.2) is 34.3 Å². The summed E-state index contributed by atoms with van der Waals surface area (Å²) in [6, 6.07) is 5.81. The van der Waals surface area contributed by atoms with E-state index in [1.807, 2.05) is 0 Å². The maximum absolute atomic E-state index is 10.5. The molecular formula is C15H24N2O4. The molecule has 0 aliphatic heterocycles. The van der Waals surface area contributed by atoms with Crippen molar-refractivity contribution in [2.75, 3.05) is 13.1 Å². The van der Waals surface area contributed by atoms with Gasteiger partial charge in [0.25, 0.3) is 5.69 Å². The summed E-state index contributed by atoms with van der Waals surface area (Å²) in [6.45, 7) is 6.87. The number of benzene rings is 1. The Morgan fingerprint density at radius 2 is 1.76 bits per heavy atom. The van der Waals surface area contributed by atoms with Gasteiger partial charge in [-0.1, -0.05) is 20.8 Å². The van der Waals surface area contributed by atoms with Crippen molar-refractivity contribution in [3.05, 3.63) is 39.9 Å². The lowest BCUT2D eigenvalue weighted by Gasteiger charge is -2.23. The molecule has 2 unspecified atom stereocenters. The number of hydrogen-bond donors (Lipinski definition) is 3. The van der Waals surface area contributed by atoms with Crippen molar-refractivity contribution in [2.24, 2.45) is 5.41 Å². The summed E-state index contributed by atoms with van der Waals surface area (Å²) in [6.07, 6.45) is -0.546. The fraction of sp³-hybridized carbons (Fsp3) is 0.600. The maximum atomic E-state index is 10.5. The van der Waals surface area contributed by atoms with Crippen LogP contribution in [0, 0.1) is 15.5 Å². The second-order valence-electron chi connectivity index (χ2n) is 6.44. The van der Waals surface area contributed by atoms with Gasteiger partial charge in [-0.25, -0.2) is 0 Å². The van der Waals surface area contributed by atoms with E-state index in [4.69, 9.17) is 0 Å². The molecule has 0 fully saturated rings. The van der Waals surface area contributed by atoms with Crippen molar-refractivity contribution in [3.63, 3.8) is 0 Å². The molecule has 118 valence electrons. The van der Waals surface area contributed by atoms with E-state index < -0.39 is 17.1 Å². The first-order chi connectivity index (χ1) is 9.69. The zero-order valence-electron chi connectivity index (χ0n) is 12.7. The first-order valence-electron chi connectivity index (χ1n) is 7.00. The van der Waals surface area contributed by atoms with Crippen LogP contribution < -0.4 is 5.32 Å². The minimum Gasteiger partial charge on any atom is -0.392 e. The van der Waals surface area contributed by atoms with Gasteiger partial charge in [-0.15, -0.1) is 0 Å². The van der Waals surface area contributed by atoms with E-state index in [0.717, 1.165) is 0 Å². The van der Waals surface area contributed by atoms with Gasteiger partial charge >= 0.3 is 0 Å². The Hall–Kier alpha value is -1.50. The number of aliphatic hydroxyl groups excluding tert-OH is 2. The Labute approximate surface area is 125 Å². The quantitative estimate of drug-likeness (QED) is 0.528. The molecule has 0 aliphatic rings. The molecule has 0 amide bonds. The van der Waals surface area contributed by atoms with Crippen molar-refractivity contribution in [2.45, 2.75) is 39.4 Å². The molecule has 1 rings (SSSR count). The van der Waals surface area contributed by atoms with Gasteiger partial charge < -0.3 is 15.5 Å². The molecule has 0 aliphatic carbocycles. The zero-order valence-corrected chi connectivity index (χ0v) is 12.7. The maximum Gasteiger partial charge on any atom is 0.269 e. The summed E-state index contributed by atoms with van der Waals surface area (Å²) in [4.78, 5) is 10.1. The fourth-order valence-electron chi connectivity index (χ4n) is 2.10. The molecular weight excluding hydrogens is 272 g/mol.